The minimum absolute atomic E-state index is 0.106. The fraction of sp³-hybridized carbons (Fsp3) is 0.182. The van der Waals surface area contributed by atoms with Crippen LogP contribution >= 0.6 is 0 Å². The molecule has 0 spiro atoms. The molecule has 2 rings (SSSR count). The summed E-state index contributed by atoms with van der Waals surface area (Å²) in [5.41, 5.74) is 1.45. The number of hydrogen-bond acceptors (Lipinski definition) is 3. The lowest BCUT2D eigenvalue weighted by Gasteiger charge is -2.20. The Morgan fingerprint density at radius 3 is 3.21 bits per heavy atom. The van der Waals surface area contributed by atoms with Crippen LogP contribution in [0.1, 0.15) is 10.4 Å². The Morgan fingerprint density at radius 2 is 2.43 bits per heavy atom. The zero-order valence-corrected chi connectivity index (χ0v) is 7.75. The molecule has 0 saturated heterocycles. The van der Waals surface area contributed by atoms with Crippen molar-refractivity contribution in [3.05, 3.63) is 36.4 Å². The summed E-state index contributed by atoms with van der Waals surface area (Å²) >= 11 is 0. The molecule has 1 aliphatic heterocycles. The van der Waals surface area contributed by atoms with Crippen molar-refractivity contribution in [2.45, 2.75) is 0 Å². The van der Waals surface area contributed by atoms with Gasteiger partial charge in [0.25, 0.3) is 0 Å². The number of fused-ring (bicyclic) bond motifs is 1. The lowest BCUT2D eigenvalue weighted by Crippen LogP contribution is -2.19. The molecular weight excluding hydrogens is 178 g/mol. The molecule has 0 aromatic heterocycles. The van der Waals surface area contributed by atoms with Crippen LogP contribution in [-0.4, -0.2) is 18.9 Å². The van der Waals surface area contributed by atoms with Crippen LogP contribution in [0.3, 0.4) is 0 Å². The van der Waals surface area contributed by atoms with E-state index in [1.165, 1.54) is 6.08 Å². The van der Waals surface area contributed by atoms with E-state index in [1.807, 2.05) is 12.1 Å². The molecule has 14 heavy (non-hydrogen) atoms. The molecule has 0 amide bonds. The van der Waals surface area contributed by atoms with Crippen molar-refractivity contribution in [3.63, 3.8) is 0 Å². The van der Waals surface area contributed by atoms with Crippen LogP contribution in [0.5, 0.6) is 5.75 Å². The van der Waals surface area contributed by atoms with E-state index in [0.717, 1.165) is 12.2 Å². The Morgan fingerprint density at radius 1 is 1.57 bits per heavy atom. The Hall–Kier alpha value is -1.77. The van der Waals surface area contributed by atoms with E-state index in [4.69, 9.17) is 4.74 Å². The average molecular weight is 189 g/mol. The summed E-state index contributed by atoms with van der Waals surface area (Å²) in [6.07, 6.45) is 1.30. The molecule has 1 N–H and O–H groups in total. The minimum Gasteiger partial charge on any atom is -0.489 e. The standard InChI is InChI=1S/C11H11NO2/c1-2-10(13)8-4-3-5-9-11(8)14-7-6-12-9/h2-5,12H,1,6-7H2. The third-order valence-electron chi connectivity index (χ3n) is 2.13. The first-order chi connectivity index (χ1) is 6.83. The quantitative estimate of drug-likeness (QED) is 0.570. The van der Waals surface area contributed by atoms with E-state index in [0.29, 0.717) is 17.9 Å². The Bertz CT molecular complexity index is 385. The Balaban J connectivity index is 2.50. The average Bonchev–Trinajstić information content (AvgIpc) is 2.27. The van der Waals surface area contributed by atoms with Gasteiger partial charge < -0.3 is 10.1 Å². The summed E-state index contributed by atoms with van der Waals surface area (Å²) in [5.74, 6) is 0.536. The van der Waals surface area contributed by atoms with Crippen molar-refractivity contribution in [1.82, 2.24) is 0 Å². The van der Waals surface area contributed by atoms with Crippen LogP contribution in [0.25, 0.3) is 0 Å². The molecule has 0 saturated carbocycles. The number of rotatable bonds is 2. The van der Waals surface area contributed by atoms with Gasteiger partial charge in [-0.1, -0.05) is 12.6 Å². The van der Waals surface area contributed by atoms with Crippen LogP contribution in [0.4, 0.5) is 5.69 Å². The van der Waals surface area contributed by atoms with Gasteiger partial charge in [0, 0.05) is 6.54 Å². The highest BCUT2D eigenvalue weighted by Gasteiger charge is 2.16. The molecule has 0 atom stereocenters. The molecule has 0 radical (unpaired) electrons. The zero-order valence-electron chi connectivity index (χ0n) is 7.75. The molecule has 3 nitrogen and oxygen atoms in total. The summed E-state index contributed by atoms with van der Waals surface area (Å²) in [6, 6.07) is 5.47. The van der Waals surface area contributed by atoms with E-state index < -0.39 is 0 Å². The summed E-state index contributed by atoms with van der Waals surface area (Å²) in [7, 11) is 0. The molecular formula is C11H11NO2. The van der Waals surface area contributed by atoms with Crippen molar-refractivity contribution < 1.29 is 9.53 Å². The fourth-order valence-electron chi connectivity index (χ4n) is 1.47. The van der Waals surface area contributed by atoms with Crippen molar-refractivity contribution in [2.24, 2.45) is 0 Å². The second-order valence-electron chi connectivity index (χ2n) is 3.03. The molecule has 1 aromatic rings. The summed E-state index contributed by atoms with van der Waals surface area (Å²) < 4.78 is 5.45. The highest BCUT2D eigenvalue weighted by atomic mass is 16.5. The lowest BCUT2D eigenvalue weighted by molar-refractivity contribution is 0.104. The molecule has 0 unspecified atom stereocenters. The molecule has 1 aliphatic rings. The van der Waals surface area contributed by atoms with Crippen LogP contribution in [-0.2, 0) is 0 Å². The van der Waals surface area contributed by atoms with Crippen LogP contribution in [0.2, 0.25) is 0 Å². The topological polar surface area (TPSA) is 38.3 Å². The van der Waals surface area contributed by atoms with Gasteiger partial charge >= 0.3 is 0 Å². The SMILES string of the molecule is C=CC(=O)c1cccc2c1OCCN2. The van der Waals surface area contributed by atoms with Gasteiger partial charge in [-0.3, -0.25) is 4.79 Å². The monoisotopic (exact) mass is 189 g/mol. The highest BCUT2D eigenvalue weighted by Crippen LogP contribution is 2.31. The van der Waals surface area contributed by atoms with Gasteiger partial charge in [0.15, 0.2) is 11.5 Å². The van der Waals surface area contributed by atoms with E-state index in [1.54, 1.807) is 6.07 Å². The normalized spacial score (nSPS) is 13.4. The van der Waals surface area contributed by atoms with Crippen molar-refractivity contribution in [1.29, 1.82) is 0 Å². The van der Waals surface area contributed by atoms with Crippen molar-refractivity contribution in [2.75, 3.05) is 18.5 Å². The molecule has 72 valence electrons. The summed E-state index contributed by atoms with van der Waals surface area (Å²) in [4.78, 5) is 11.5. The first-order valence-electron chi connectivity index (χ1n) is 4.49. The van der Waals surface area contributed by atoms with E-state index in [9.17, 15) is 4.79 Å². The number of carbonyl (C=O) groups excluding carboxylic acids is 1. The maximum atomic E-state index is 11.5. The number of para-hydroxylation sites is 1. The minimum atomic E-state index is -0.106. The number of ether oxygens (including phenoxy) is 1. The number of nitrogens with one attached hydrogen (secondary N) is 1. The van der Waals surface area contributed by atoms with Gasteiger partial charge in [-0.15, -0.1) is 0 Å². The largest absolute Gasteiger partial charge is 0.489 e. The number of allylic oxidation sites excluding steroid dienone is 1. The molecule has 0 fully saturated rings. The van der Waals surface area contributed by atoms with Crippen LogP contribution < -0.4 is 10.1 Å². The maximum absolute atomic E-state index is 11.5. The second kappa shape index (κ2) is 3.54. The predicted molar refractivity (Wildman–Crippen MR) is 55.0 cm³/mol. The van der Waals surface area contributed by atoms with Crippen LogP contribution in [0.15, 0.2) is 30.9 Å². The first kappa shape index (κ1) is 8.81. The first-order valence-corrected chi connectivity index (χ1v) is 4.49. The van der Waals surface area contributed by atoms with Gasteiger partial charge in [0.1, 0.15) is 6.61 Å². The molecule has 1 heterocycles. The maximum Gasteiger partial charge on any atom is 0.189 e. The third-order valence-corrected chi connectivity index (χ3v) is 2.13. The Kier molecular flexibility index (Phi) is 2.23. The number of hydrogen-bond donors (Lipinski definition) is 1. The summed E-state index contributed by atoms with van der Waals surface area (Å²) in [5, 5.41) is 3.17. The van der Waals surface area contributed by atoms with Crippen molar-refractivity contribution in [3.8, 4) is 5.75 Å². The number of carbonyl (C=O) groups is 1. The van der Waals surface area contributed by atoms with Gasteiger partial charge in [0.2, 0.25) is 0 Å². The van der Waals surface area contributed by atoms with E-state index >= 15 is 0 Å². The third kappa shape index (κ3) is 1.37. The molecule has 0 aliphatic carbocycles. The van der Waals surface area contributed by atoms with Gasteiger partial charge in [0.05, 0.1) is 11.3 Å². The highest BCUT2D eigenvalue weighted by molar-refractivity contribution is 6.07. The van der Waals surface area contributed by atoms with Gasteiger partial charge in [-0.05, 0) is 18.2 Å². The molecule has 0 bridgehead atoms. The van der Waals surface area contributed by atoms with Crippen molar-refractivity contribution >= 4 is 11.5 Å². The van der Waals surface area contributed by atoms with Crippen LogP contribution in [0, 0.1) is 0 Å². The summed E-state index contributed by atoms with van der Waals surface area (Å²) in [6.45, 7) is 4.83. The lowest BCUT2D eigenvalue weighted by atomic mass is 10.1. The van der Waals surface area contributed by atoms with E-state index in [-0.39, 0.29) is 5.78 Å². The predicted octanol–water partition coefficient (Wildman–Crippen LogP) is 1.86. The number of anilines is 1. The molecule has 1 aromatic carbocycles. The van der Waals surface area contributed by atoms with E-state index in [2.05, 4.69) is 11.9 Å². The van der Waals surface area contributed by atoms with Gasteiger partial charge in [-0.2, -0.15) is 0 Å². The second-order valence-corrected chi connectivity index (χ2v) is 3.03. The molecule has 3 heteroatoms. The Labute approximate surface area is 82.4 Å². The number of ketones is 1. The number of benzene rings is 1. The fourth-order valence-corrected chi connectivity index (χ4v) is 1.47. The van der Waals surface area contributed by atoms with Gasteiger partial charge in [-0.25, -0.2) is 0 Å². The smallest absolute Gasteiger partial charge is 0.189 e. The zero-order chi connectivity index (χ0) is 9.97.